The van der Waals surface area contributed by atoms with Gasteiger partial charge in [-0.05, 0) is 38.5 Å². The minimum absolute atomic E-state index is 0.383. The molecule has 0 aliphatic carbocycles. The fourth-order valence-corrected chi connectivity index (χ4v) is 1.45. The van der Waals surface area contributed by atoms with Crippen LogP contribution in [-0.2, 0) is 11.3 Å². The Morgan fingerprint density at radius 1 is 1.21 bits per heavy atom. The van der Waals surface area contributed by atoms with E-state index in [0.29, 0.717) is 12.1 Å². The summed E-state index contributed by atoms with van der Waals surface area (Å²) in [5, 5.41) is 0. The summed E-state index contributed by atoms with van der Waals surface area (Å²) in [4.78, 5) is 24.2. The summed E-state index contributed by atoms with van der Waals surface area (Å²) < 4.78 is 5.25. The van der Waals surface area contributed by atoms with Crippen molar-refractivity contribution in [1.82, 2.24) is 4.90 Å². The van der Waals surface area contributed by atoms with Crippen molar-refractivity contribution >= 4 is 12.0 Å². The molecule has 19 heavy (non-hydrogen) atoms. The lowest BCUT2D eigenvalue weighted by atomic mass is 10.1. The number of primary amides is 1. The zero-order chi connectivity index (χ0) is 14.6. The largest absolute Gasteiger partial charge is 0.444 e. The van der Waals surface area contributed by atoms with E-state index in [9.17, 15) is 9.59 Å². The van der Waals surface area contributed by atoms with E-state index in [4.69, 9.17) is 10.5 Å². The first kappa shape index (κ1) is 15.0. The molecule has 0 aliphatic heterocycles. The van der Waals surface area contributed by atoms with Crippen molar-refractivity contribution in [3.05, 3.63) is 35.4 Å². The number of nitrogens with zero attached hydrogens (tertiary/aromatic N) is 1. The molecule has 104 valence electrons. The number of ether oxygens (including phenoxy) is 1. The van der Waals surface area contributed by atoms with Crippen LogP contribution in [0.25, 0.3) is 0 Å². The van der Waals surface area contributed by atoms with E-state index in [0.717, 1.165) is 5.56 Å². The minimum atomic E-state index is -0.513. The number of benzene rings is 1. The maximum Gasteiger partial charge on any atom is 0.410 e. The summed E-state index contributed by atoms with van der Waals surface area (Å²) >= 11 is 0. The third-order valence-electron chi connectivity index (χ3n) is 2.36. The van der Waals surface area contributed by atoms with Crippen LogP contribution in [0.4, 0.5) is 4.79 Å². The average molecular weight is 264 g/mol. The molecule has 0 saturated heterocycles. The number of amides is 2. The lowest BCUT2D eigenvalue weighted by Crippen LogP contribution is -2.33. The highest BCUT2D eigenvalue weighted by atomic mass is 16.6. The SMILES string of the molecule is CN(Cc1ccc(C(N)=O)cc1)C(=O)OC(C)(C)C. The van der Waals surface area contributed by atoms with Crippen LogP contribution in [0, 0.1) is 0 Å². The summed E-state index contributed by atoms with van der Waals surface area (Å²) in [6.07, 6.45) is -0.383. The molecule has 0 aromatic heterocycles. The highest BCUT2D eigenvalue weighted by Crippen LogP contribution is 2.12. The third-order valence-corrected chi connectivity index (χ3v) is 2.36. The molecule has 0 heterocycles. The first-order valence-electron chi connectivity index (χ1n) is 6.02. The predicted molar refractivity (Wildman–Crippen MR) is 72.7 cm³/mol. The fourth-order valence-electron chi connectivity index (χ4n) is 1.45. The summed E-state index contributed by atoms with van der Waals surface area (Å²) in [6.45, 7) is 5.87. The van der Waals surface area contributed by atoms with Gasteiger partial charge in [0.15, 0.2) is 0 Å². The molecule has 5 heteroatoms. The van der Waals surface area contributed by atoms with Gasteiger partial charge in [0.1, 0.15) is 5.60 Å². The van der Waals surface area contributed by atoms with E-state index in [1.165, 1.54) is 4.90 Å². The van der Waals surface area contributed by atoms with E-state index < -0.39 is 11.5 Å². The topological polar surface area (TPSA) is 72.6 Å². The molecule has 0 radical (unpaired) electrons. The van der Waals surface area contributed by atoms with Crippen LogP contribution in [0.1, 0.15) is 36.7 Å². The Hall–Kier alpha value is -2.04. The molecule has 5 nitrogen and oxygen atoms in total. The Morgan fingerprint density at radius 3 is 2.16 bits per heavy atom. The number of rotatable bonds is 3. The first-order valence-corrected chi connectivity index (χ1v) is 6.02. The quantitative estimate of drug-likeness (QED) is 0.909. The zero-order valence-electron chi connectivity index (χ0n) is 11.8. The minimum Gasteiger partial charge on any atom is -0.444 e. The Morgan fingerprint density at radius 2 is 1.74 bits per heavy atom. The molecule has 1 aromatic rings. The van der Waals surface area contributed by atoms with Crippen LogP contribution >= 0.6 is 0 Å². The van der Waals surface area contributed by atoms with Crippen molar-refractivity contribution in [1.29, 1.82) is 0 Å². The number of hydrogen-bond donors (Lipinski definition) is 1. The highest BCUT2D eigenvalue weighted by molar-refractivity contribution is 5.92. The van der Waals surface area contributed by atoms with E-state index in [-0.39, 0.29) is 6.09 Å². The summed E-state index contributed by atoms with van der Waals surface area (Å²) in [5.74, 6) is -0.466. The van der Waals surface area contributed by atoms with Gasteiger partial charge in [-0.1, -0.05) is 12.1 Å². The number of nitrogens with two attached hydrogens (primary N) is 1. The molecule has 0 aliphatic rings. The smallest absolute Gasteiger partial charge is 0.410 e. The van der Waals surface area contributed by atoms with Crippen molar-refractivity contribution in [2.75, 3.05) is 7.05 Å². The fraction of sp³-hybridized carbons (Fsp3) is 0.429. The molecule has 2 amide bonds. The number of hydrogen-bond acceptors (Lipinski definition) is 3. The van der Waals surface area contributed by atoms with E-state index in [1.54, 1.807) is 31.3 Å². The Balaban J connectivity index is 2.64. The normalized spacial score (nSPS) is 10.9. The van der Waals surface area contributed by atoms with Gasteiger partial charge in [0.2, 0.25) is 5.91 Å². The van der Waals surface area contributed by atoms with Gasteiger partial charge in [-0.25, -0.2) is 4.79 Å². The monoisotopic (exact) mass is 264 g/mol. The molecule has 0 saturated carbocycles. The Labute approximate surface area is 113 Å². The van der Waals surface area contributed by atoms with Gasteiger partial charge in [-0.2, -0.15) is 0 Å². The van der Waals surface area contributed by atoms with Crippen LogP contribution in [0.5, 0.6) is 0 Å². The standard InChI is InChI=1S/C14H20N2O3/c1-14(2,3)19-13(18)16(4)9-10-5-7-11(8-6-10)12(15)17/h5-8H,9H2,1-4H3,(H2,15,17). The molecular weight excluding hydrogens is 244 g/mol. The van der Waals surface area contributed by atoms with Gasteiger partial charge in [-0.3, -0.25) is 4.79 Å². The van der Waals surface area contributed by atoms with Crippen LogP contribution < -0.4 is 5.73 Å². The van der Waals surface area contributed by atoms with Crippen molar-refractivity contribution < 1.29 is 14.3 Å². The van der Waals surface area contributed by atoms with Crippen molar-refractivity contribution in [3.63, 3.8) is 0 Å². The van der Waals surface area contributed by atoms with Gasteiger partial charge in [0, 0.05) is 19.2 Å². The van der Waals surface area contributed by atoms with Gasteiger partial charge < -0.3 is 15.4 Å². The molecule has 0 unspecified atom stereocenters. The van der Waals surface area contributed by atoms with Crippen LogP contribution in [0.3, 0.4) is 0 Å². The molecule has 0 bridgehead atoms. The Bertz CT molecular complexity index is 461. The predicted octanol–water partition coefficient (Wildman–Crippen LogP) is 2.15. The van der Waals surface area contributed by atoms with Crippen molar-refractivity contribution in [2.45, 2.75) is 32.9 Å². The van der Waals surface area contributed by atoms with Gasteiger partial charge >= 0.3 is 6.09 Å². The van der Waals surface area contributed by atoms with E-state index >= 15 is 0 Å². The first-order chi connectivity index (χ1) is 8.69. The Kier molecular flexibility index (Phi) is 4.53. The number of carbonyl (C=O) groups is 2. The van der Waals surface area contributed by atoms with Gasteiger partial charge in [0.25, 0.3) is 0 Å². The molecule has 0 fully saturated rings. The van der Waals surface area contributed by atoms with Gasteiger partial charge in [-0.15, -0.1) is 0 Å². The average Bonchev–Trinajstić information content (AvgIpc) is 2.27. The molecule has 1 aromatic carbocycles. The van der Waals surface area contributed by atoms with Crippen molar-refractivity contribution in [3.8, 4) is 0 Å². The van der Waals surface area contributed by atoms with Gasteiger partial charge in [0.05, 0.1) is 0 Å². The molecule has 1 rings (SSSR count). The lowest BCUT2D eigenvalue weighted by Gasteiger charge is -2.24. The zero-order valence-corrected chi connectivity index (χ0v) is 11.8. The van der Waals surface area contributed by atoms with Crippen LogP contribution in [-0.4, -0.2) is 29.5 Å². The third kappa shape index (κ3) is 4.99. The maximum absolute atomic E-state index is 11.8. The molecule has 0 spiro atoms. The summed E-state index contributed by atoms with van der Waals surface area (Å²) in [7, 11) is 1.66. The molecular formula is C14H20N2O3. The molecule has 2 N–H and O–H groups in total. The maximum atomic E-state index is 11.8. The van der Waals surface area contributed by atoms with E-state index in [2.05, 4.69) is 0 Å². The summed E-state index contributed by atoms with van der Waals surface area (Å²) in [5.41, 5.74) is 6.00. The van der Waals surface area contributed by atoms with Crippen molar-refractivity contribution in [2.24, 2.45) is 5.73 Å². The highest BCUT2D eigenvalue weighted by Gasteiger charge is 2.19. The van der Waals surface area contributed by atoms with E-state index in [1.807, 2.05) is 20.8 Å². The second kappa shape index (κ2) is 5.73. The second-order valence-electron chi connectivity index (χ2n) is 5.40. The van der Waals surface area contributed by atoms with Crippen LogP contribution in [0.15, 0.2) is 24.3 Å². The van der Waals surface area contributed by atoms with Crippen LogP contribution in [0.2, 0.25) is 0 Å². The lowest BCUT2D eigenvalue weighted by molar-refractivity contribution is 0.0285. The second-order valence-corrected chi connectivity index (χ2v) is 5.40. The number of carbonyl (C=O) groups excluding carboxylic acids is 2. The summed E-state index contributed by atoms with van der Waals surface area (Å²) in [6, 6.07) is 6.81. The molecule has 0 atom stereocenters.